The van der Waals surface area contributed by atoms with Crippen LogP contribution >= 0.6 is 11.6 Å². The number of hydrogen-bond acceptors (Lipinski definition) is 2. The Labute approximate surface area is 90.3 Å². The molecule has 0 fully saturated rings. The summed E-state index contributed by atoms with van der Waals surface area (Å²) in [5, 5.41) is 19.4. The molecule has 0 aliphatic heterocycles. The van der Waals surface area contributed by atoms with E-state index in [1.165, 1.54) is 16.8 Å². The van der Waals surface area contributed by atoms with Gasteiger partial charge in [0.25, 0.3) is 0 Å². The zero-order valence-corrected chi connectivity index (χ0v) is 8.40. The van der Waals surface area contributed by atoms with Crippen LogP contribution in [0, 0.1) is 0 Å². The summed E-state index contributed by atoms with van der Waals surface area (Å²) in [6.45, 7) is -0.221. The number of aromatic nitrogens is 1. The van der Waals surface area contributed by atoms with Crippen LogP contribution in [0.5, 0.6) is 5.75 Å². The van der Waals surface area contributed by atoms with Gasteiger partial charge in [-0.25, -0.2) is 0 Å². The Hall–Kier alpha value is -1.68. The molecule has 0 aliphatic rings. The van der Waals surface area contributed by atoms with Gasteiger partial charge < -0.3 is 14.8 Å². The molecule has 0 spiro atoms. The number of nitrogens with zero attached hydrogens (tertiary/aromatic N) is 1. The van der Waals surface area contributed by atoms with Crippen LogP contribution in [0.3, 0.4) is 0 Å². The fourth-order valence-electron chi connectivity index (χ4n) is 1.57. The van der Waals surface area contributed by atoms with Crippen molar-refractivity contribution in [2.75, 3.05) is 0 Å². The van der Waals surface area contributed by atoms with E-state index in [4.69, 9.17) is 16.7 Å². The molecule has 0 aliphatic carbocycles. The molecule has 0 atom stereocenters. The Morgan fingerprint density at radius 2 is 2.20 bits per heavy atom. The summed E-state index contributed by atoms with van der Waals surface area (Å²) in [5.41, 5.74) is 0.449. The van der Waals surface area contributed by atoms with Gasteiger partial charge in [-0.05, 0) is 6.07 Å². The monoisotopic (exact) mass is 225 g/mol. The fraction of sp³-hybridized carbons (Fsp3) is 0.100. The van der Waals surface area contributed by atoms with Gasteiger partial charge in [-0.2, -0.15) is 0 Å². The highest BCUT2D eigenvalue weighted by atomic mass is 35.5. The Bertz CT molecular complexity index is 533. The van der Waals surface area contributed by atoms with Gasteiger partial charge in [-0.1, -0.05) is 23.7 Å². The van der Waals surface area contributed by atoms with Crippen molar-refractivity contribution in [1.29, 1.82) is 0 Å². The second kappa shape index (κ2) is 3.47. The smallest absolute Gasteiger partial charge is 0.323 e. The van der Waals surface area contributed by atoms with Crippen LogP contribution in [0.2, 0.25) is 5.02 Å². The summed E-state index contributed by atoms with van der Waals surface area (Å²) in [6, 6.07) is 4.89. The summed E-state index contributed by atoms with van der Waals surface area (Å²) >= 11 is 5.91. The molecule has 1 aromatic carbocycles. The van der Waals surface area contributed by atoms with E-state index in [1.54, 1.807) is 12.1 Å². The van der Waals surface area contributed by atoms with E-state index in [-0.39, 0.29) is 12.3 Å². The van der Waals surface area contributed by atoms with Crippen molar-refractivity contribution in [3.63, 3.8) is 0 Å². The molecular weight excluding hydrogens is 218 g/mol. The summed E-state index contributed by atoms with van der Waals surface area (Å²) in [5.74, 6) is -0.951. The highest BCUT2D eigenvalue weighted by molar-refractivity contribution is 6.35. The number of para-hydroxylation sites is 1. The summed E-state index contributed by atoms with van der Waals surface area (Å²) in [6.07, 6.45) is 1.50. The first kappa shape index (κ1) is 9.86. The van der Waals surface area contributed by atoms with E-state index in [0.717, 1.165) is 0 Å². The lowest BCUT2D eigenvalue weighted by molar-refractivity contribution is -0.137. The van der Waals surface area contributed by atoms with Crippen LogP contribution in [0.1, 0.15) is 0 Å². The second-order valence-electron chi connectivity index (χ2n) is 3.17. The molecule has 1 heterocycles. The van der Waals surface area contributed by atoms with Crippen LogP contribution < -0.4 is 0 Å². The van der Waals surface area contributed by atoms with Crippen LogP contribution in [0.15, 0.2) is 24.4 Å². The molecule has 0 bridgehead atoms. The van der Waals surface area contributed by atoms with E-state index in [2.05, 4.69) is 0 Å². The maximum atomic E-state index is 10.6. The van der Waals surface area contributed by atoms with Crippen molar-refractivity contribution >= 4 is 28.5 Å². The Morgan fingerprint density at radius 1 is 1.47 bits per heavy atom. The number of benzene rings is 1. The third kappa shape index (κ3) is 1.64. The minimum atomic E-state index is -0.980. The van der Waals surface area contributed by atoms with Crippen molar-refractivity contribution in [1.82, 2.24) is 4.57 Å². The molecule has 2 aromatic rings. The maximum absolute atomic E-state index is 10.6. The largest absolute Gasteiger partial charge is 0.506 e. The number of hydrogen-bond donors (Lipinski definition) is 2. The molecule has 0 radical (unpaired) electrons. The van der Waals surface area contributed by atoms with Crippen LogP contribution in [-0.4, -0.2) is 20.7 Å². The Morgan fingerprint density at radius 3 is 2.87 bits per heavy atom. The predicted molar refractivity (Wildman–Crippen MR) is 56.2 cm³/mol. The molecule has 5 heteroatoms. The molecule has 0 saturated heterocycles. The van der Waals surface area contributed by atoms with E-state index in [9.17, 15) is 9.90 Å². The van der Waals surface area contributed by atoms with Crippen molar-refractivity contribution in [3.05, 3.63) is 29.4 Å². The first-order valence-electron chi connectivity index (χ1n) is 4.27. The number of rotatable bonds is 2. The van der Waals surface area contributed by atoms with Gasteiger partial charge in [0.05, 0.1) is 10.5 Å². The molecule has 2 rings (SSSR count). The van der Waals surface area contributed by atoms with Gasteiger partial charge in [0.1, 0.15) is 12.3 Å². The normalized spacial score (nSPS) is 10.7. The zero-order chi connectivity index (χ0) is 11.0. The summed E-state index contributed by atoms with van der Waals surface area (Å²) in [7, 11) is 0. The average Bonchev–Trinajstić information content (AvgIpc) is 2.44. The molecule has 1 aromatic heterocycles. The molecule has 0 saturated carbocycles. The molecule has 2 N–H and O–H groups in total. The van der Waals surface area contributed by atoms with Gasteiger partial charge in [0, 0.05) is 11.6 Å². The third-order valence-electron chi connectivity index (χ3n) is 2.13. The molecule has 15 heavy (non-hydrogen) atoms. The lowest BCUT2D eigenvalue weighted by Gasteiger charge is -2.02. The molecular formula is C10H8ClNO3. The molecule has 0 amide bonds. The highest BCUT2D eigenvalue weighted by Crippen LogP contribution is 2.31. The SMILES string of the molecule is O=C(O)Cn1cc(Cl)c2cccc(O)c21. The fourth-order valence-corrected chi connectivity index (χ4v) is 1.84. The second-order valence-corrected chi connectivity index (χ2v) is 3.58. The summed E-state index contributed by atoms with van der Waals surface area (Å²) in [4.78, 5) is 10.6. The van der Waals surface area contributed by atoms with Gasteiger partial charge in [-0.3, -0.25) is 4.79 Å². The van der Waals surface area contributed by atoms with Gasteiger partial charge in [0.15, 0.2) is 0 Å². The zero-order valence-electron chi connectivity index (χ0n) is 7.64. The van der Waals surface area contributed by atoms with Crippen molar-refractivity contribution in [3.8, 4) is 5.75 Å². The number of carboxylic acids is 1. The number of phenols is 1. The Balaban J connectivity index is 2.70. The van der Waals surface area contributed by atoms with E-state index in [0.29, 0.717) is 15.9 Å². The molecule has 0 unspecified atom stereocenters. The van der Waals surface area contributed by atoms with Crippen LogP contribution in [0.4, 0.5) is 0 Å². The van der Waals surface area contributed by atoms with Crippen LogP contribution in [0.25, 0.3) is 10.9 Å². The number of carboxylic acid groups (broad SMARTS) is 1. The quantitative estimate of drug-likeness (QED) is 0.823. The maximum Gasteiger partial charge on any atom is 0.323 e. The topological polar surface area (TPSA) is 62.5 Å². The Kier molecular flexibility index (Phi) is 2.28. The molecule has 4 nitrogen and oxygen atoms in total. The first-order valence-corrected chi connectivity index (χ1v) is 4.65. The number of halogens is 1. The number of aromatic hydroxyl groups is 1. The van der Waals surface area contributed by atoms with Gasteiger partial charge >= 0.3 is 5.97 Å². The standard InChI is InChI=1S/C10H8ClNO3/c11-7-4-12(5-9(14)15)10-6(7)2-1-3-8(10)13/h1-4,13H,5H2,(H,14,15). The molecule has 78 valence electrons. The number of phenolic OH excluding ortho intramolecular Hbond substituents is 1. The van der Waals surface area contributed by atoms with E-state index in [1.807, 2.05) is 0 Å². The number of fused-ring (bicyclic) bond motifs is 1. The highest BCUT2D eigenvalue weighted by Gasteiger charge is 2.11. The van der Waals surface area contributed by atoms with Crippen LogP contribution in [-0.2, 0) is 11.3 Å². The lowest BCUT2D eigenvalue weighted by Crippen LogP contribution is -2.07. The van der Waals surface area contributed by atoms with Crippen molar-refractivity contribution < 1.29 is 15.0 Å². The predicted octanol–water partition coefficient (Wildman–Crippen LogP) is 2.08. The van der Waals surface area contributed by atoms with Crippen molar-refractivity contribution in [2.45, 2.75) is 6.54 Å². The lowest BCUT2D eigenvalue weighted by atomic mass is 10.2. The van der Waals surface area contributed by atoms with E-state index >= 15 is 0 Å². The van der Waals surface area contributed by atoms with E-state index < -0.39 is 5.97 Å². The average molecular weight is 226 g/mol. The van der Waals surface area contributed by atoms with Crippen molar-refractivity contribution in [2.24, 2.45) is 0 Å². The first-order chi connectivity index (χ1) is 7.09. The summed E-state index contributed by atoms with van der Waals surface area (Å²) < 4.78 is 1.41. The number of carbonyl (C=O) groups is 1. The number of aliphatic carboxylic acids is 1. The minimum absolute atomic E-state index is 0.0284. The minimum Gasteiger partial charge on any atom is -0.506 e. The van der Waals surface area contributed by atoms with Gasteiger partial charge in [-0.15, -0.1) is 0 Å². The third-order valence-corrected chi connectivity index (χ3v) is 2.44. The van der Waals surface area contributed by atoms with Gasteiger partial charge in [0.2, 0.25) is 0 Å².